The van der Waals surface area contributed by atoms with Crippen LogP contribution in [0.15, 0.2) is 175 Å². The van der Waals surface area contributed by atoms with E-state index < -0.39 is 23.5 Å². The maximum atomic E-state index is 13.4. The van der Waals surface area contributed by atoms with Crippen LogP contribution in [0.3, 0.4) is 0 Å². The van der Waals surface area contributed by atoms with Gasteiger partial charge in [-0.3, -0.25) is 39.2 Å². The van der Waals surface area contributed by atoms with E-state index in [2.05, 4.69) is 174 Å². The molecule has 22 nitrogen and oxygen atoms in total. The Hall–Kier alpha value is -11.3. The first-order valence-corrected chi connectivity index (χ1v) is 43.3. The van der Waals surface area contributed by atoms with Crippen molar-refractivity contribution in [2.45, 2.75) is 206 Å². The van der Waals surface area contributed by atoms with Crippen molar-refractivity contribution >= 4 is 61.1 Å². The number of ketones is 2. The third kappa shape index (κ3) is 18.1. The summed E-state index contributed by atoms with van der Waals surface area (Å²) in [5, 5.41) is 13.3. The monoisotopic (exact) mass is 1670 g/mol. The second-order valence-electron chi connectivity index (χ2n) is 34.7. The number of carbonyl (C=O) groups is 3. The highest BCUT2D eigenvalue weighted by atomic mass is 19.4. The Kier molecular flexibility index (Phi) is 25.4. The average Bonchev–Trinajstić information content (AvgIpc) is 1.59. The van der Waals surface area contributed by atoms with E-state index in [0.717, 1.165) is 104 Å². The lowest BCUT2D eigenvalue weighted by Crippen LogP contribution is -2.31. The molecule has 7 aliphatic rings. The zero-order valence-electron chi connectivity index (χ0n) is 71.4. The highest BCUT2D eigenvalue weighted by Gasteiger charge is 2.41. The quantitative estimate of drug-likeness (QED) is 0.0215. The Labute approximate surface area is 714 Å². The molecule has 0 radical (unpaired) electrons. The van der Waals surface area contributed by atoms with Crippen LogP contribution in [0, 0.1) is 33.5 Å². The molecule has 12 aromatic rings. The van der Waals surface area contributed by atoms with Crippen LogP contribution in [0.5, 0.6) is 0 Å². The van der Waals surface area contributed by atoms with Gasteiger partial charge in [-0.2, -0.15) is 13.2 Å². The molecule has 0 amide bonds. The van der Waals surface area contributed by atoms with Gasteiger partial charge in [-0.15, -0.1) is 0 Å². The Bertz CT molecular complexity index is 6010. The van der Waals surface area contributed by atoms with E-state index >= 15 is 0 Å². The minimum absolute atomic E-state index is 0.00521. The van der Waals surface area contributed by atoms with Crippen LogP contribution in [0.25, 0.3) is 64.5 Å². The molecule has 638 valence electrons. The van der Waals surface area contributed by atoms with Gasteiger partial charge in [-0.05, 0) is 267 Å². The van der Waals surface area contributed by atoms with Gasteiger partial charge < -0.3 is 37.4 Å². The van der Waals surface area contributed by atoms with E-state index in [0.29, 0.717) is 49.9 Å². The molecule has 123 heavy (non-hydrogen) atoms. The van der Waals surface area contributed by atoms with Gasteiger partial charge in [0, 0.05) is 197 Å². The molecular formula is C97H107F4N17O5. The number of pyridine rings is 3. The standard InChI is InChI=1S/C27H31N3O3.C25H29N3O2.C23H24FN5.C22H23F3N6/c1-18-5-7-22-21(16-18)27-23-4-3-14-29(23)15-11-24(27)30(22)17-25(20-9-12-28-13-10-20)33-26(32)8-6-19(2)31;1-17-5-6-21-20(14-17)25-22-4-3-12-27(22)13-9-23(25)28(21)15-24(30-16-18(2)29)19-7-10-26-11-8-19;1-15-4-9-20-18(13-15)23-21-3-2-11-28(21)12-10-22(23)29(20)14-19(26-27-25)16-5-7-17(24)8-6-16;1-14-4-6-18-17(10-14)16-8-9-30(3)12-19(16)31(18)13-21(2,28-29-26)15-5-7-20(27-11-15)22(23,24)25/h5,7,9-10,12-13,16,23,25H,3-4,6,8,11,14-15,17H2,1-2H3;5-8,10-11,14,22,24H,3-4,9,12-13,15-16H2,1-2H3;4-9,13,19,21H,2-3,10-12,14H2,1H3;4-7,10-11H,8-9,12-13H2,1-3H3. The maximum absolute atomic E-state index is 13.4. The molecule has 5 aromatic carbocycles. The second-order valence-corrected chi connectivity index (χ2v) is 34.7. The number of nitrogens with zero attached hydrogens (tertiary/aromatic N) is 17. The fourth-order valence-corrected chi connectivity index (χ4v) is 20.3. The first-order valence-electron chi connectivity index (χ1n) is 43.3. The normalized spacial score (nSPS) is 18.6. The zero-order valence-corrected chi connectivity index (χ0v) is 71.4. The Morgan fingerprint density at radius 1 is 0.528 bits per heavy atom. The minimum Gasteiger partial charge on any atom is -0.456 e. The molecule has 0 spiro atoms. The van der Waals surface area contributed by atoms with Crippen LogP contribution in [0.1, 0.15) is 204 Å². The molecular weight excluding hydrogens is 1560 g/mol. The Morgan fingerprint density at radius 3 is 1.46 bits per heavy atom. The third-order valence-corrected chi connectivity index (χ3v) is 26.2. The minimum atomic E-state index is -4.52. The number of hydrogen-bond acceptors (Lipinski definition) is 14. The van der Waals surface area contributed by atoms with E-state index in [4.69, 9.17) is 15.0 Å². The molecule has 7 atom stereocenters. The van der Waals surface area contributed by atoms with Gasteiger partial charge in [0.05, 0.1) is 31.1 Å². The van der Waals surface area contributed by atoms with Gasteiger partial charge in [0.25, 0.3) is 0 Å². The molecule has 0 bridgehead atoms. The van der Waals surface area contributed by atoms with Crippen molar-refractivity contribution in [3.63, 3.8) is 0 Å². The highest BCUT2D eigenvalue weighted by molar-refractivity contribution is 5.90. The summed E-state index contributed by atoms with van der Waals surface area (Å²) in [6.45, 7) is 24.1. The summed E-state index contributed by atoms with van der Waals surface area (Å²) >= 11 is 0. The lowest BCUT2D eigenvalue weighted by atomic mass is 9.93. The smallest absolute Gasteiger partial charge is 0.433 e. The van der Waals surface area contributed by atoms with Crippen molar-refractivity contribution in [1.82, 2.24) is 52.8 Å². The topological polar surface area (TPSA) is 239 Å². The Morgan fingerprint density at radius 2 is 1.00 bits per heavy atom. The van der Waals surface area contributed by atoms with Gasteiger partial charge in [0.2, 0.25) is 0 Å². The predicted molar refractivity (Wildman–Crippen MR) is 469 cm³/mol. The second kappa shape index (κ2) is 36.6. The number of fused-ring (bicyclic) bond motifs is 18. The van der Waals surface area contributed by atoms with Gasteiger partial charge in [0.15, 0.2) is 5.78 Å². The van der Waals surface area contributed by atoms with Crippen molar-refractivity contribution in [3.8, 4) is 0 Å². The molecule has 3 saturated heterocycles. The number of esters is 1. The number of hydrogen-bond donors (Lipinski definition) is 0. The van der Waals surface area contributed by atoms with Crippen LogP contribution in [0.4, 0.5) is 17.6 Å². The van der Waals surface area contributed by atoms with Crippen molar-refractivity contribution < 1.29 is 41.4 Å². The summed E-state index contributed by atoms with van der Waals surface area (Å²) in [6, 6.07) is 43.9. The number of aryl methyl sites for hydroxylation is 4. The van der Waals surface area contributed by atoms with Gasteiger partial charge in [-0.25, -0.2) is 4.39 Å². The molecule has 7 aromatic heterocycles. The number of carbonyl (C=O) groups excluding carboxylic acids is 3. The number of aromatic nitrogens is 7. The number of rotatable bonds is 21. The molecule has 0 aliphatic carbocycles. The van der Waals surface area contributed by atoms with E-state index in [1.807, 2.05) is 30.3 Å². The van der Waals surface area contributed by atoms with Gasteiger partial charge >= 0.3 is 12.1 Å². The number of benzene rings is 5. The van der Waals surface area contributed by atoms with E-state index in [1.165, 1.54) is 177 Å². The van der Waals surface area contributed by atoms with E-state index in [1.54, 1.807) is 50.8 Å². The molecule has 7 unspecified atom stereocenters. The number of Topliss-reactive ketones (excluding diaryl/α,β-unsaturated/α-hetero) is 2. The van der Waals surface area contributed by atoms with Crippen LogP contribution >= 0.6 is 0 Å². The summed E-state index contributed by atoms with van der Waals surface area (Å²) in [4.78, 5) is 63.7. The van der Waals surface area contributed by atoms with E-state index in [-0.39, 0.29) is 54.9 Å². The summed E-state index contributed by atoms with van der Waals surface area (Å²) in [6.07, 6.45) is 14.8. The van der Waals surface area contributed by atoms with Crippen molar-refractivity contribution in [2.24, 2.45) is 10.2 Å². The summed E-state index contributed by atoms with van der Waals surface area (Å²) in [7, 11) is 2.06. The average molecular weight is 1670 g/mol. The lowest BCUT2D eigenvalue weighted by molar-refractivity contribution is -0.151. The van der Waals surface area contributed by atoms with Crippen molar-refractivity contribution in [3.05, 3.63) is 286 Å². The number of alkyl halides is 3. The molecule has 0 saturated carbocycles. The number of halogens is 4. The lowest BCUT2D eigenvalue weighted by Gasteiger charge is -2.31. The molecule has 7 aliphatic heterocycles. The zero-order chi connectivity index (χ0) is 86.0. The molecule has 26 heteroatoms. The maximum Gasteiger partial charge on any atom is 0.433 e. The fourth-order valence-electron chi connectivity index (χ4n) is 20.3. The van der Waals surface area contributed by atoms with Gasteiger partial charge in [-0.1, -0.05) is 74.9 Å². The van der Waals surface area contributed by atoms with Crippen LogP contribution in [0.2, 0.25) is 0 Å². The summed E-state index contributed by atoms with van der Waals surface area (Å²) < 4.78 is 73.6. The van der Waals surface area contributed by atoms with Crippen LogP contribution in [-0.4, -0.2) is 130 Å². The third-order valence-electron chi connectivity index (χ3n) is 26.2. The highest BCUT2D eigenvalue weighted by Crippen LogP contribution is 2.49. The van der Waals surface area contributed by atoms with Crippen LogP contribution < -0.4 is 0 Å². The fraction of sp³-hybridized carbons (Fsp3) is 0.423. The number of azide groups is 2. The van der Waals surface area contributed by atoms with Crippen molar-refractivity contribution in [1.29, 1.82) is 0 Å². The molecule has 19 rings (SSSR count). The molecule has 14 heterocycles. The molecule has 0 N–H and O–H groups in total. The number of likely N-dealkylation sites (N-methyl/N-ethyl adjacent to an activating group) is 1. The largest absolute Gasteiger partial charge is 0.456 e. The first-order chi connectivity index (χ1) is 59.4. The molecule has 3 fully saturated rings. The summed E-state index contributed by atoms with van der Waals surface area (Å²) in [5.41, 5.74) is 40.4. The number of ether oxygens (including phenoxy) is 2. The van der Waals surface area contributed by atoms with Gasteiger partial charge in [0.1, 0.15) is 36.1 Å². The first kappa shape index (κ1) is 85.2. The van der Waals surface area contributed by atoms with E-state index in [9.17, 15) is 37.5 Å². The summed E-state index contributed by atoms with van der Waals surface area (Å²) in [5.74, 6) is -0.579. The predicted octanol–water partition coefficient (Wildman–Crippen LogP) is 20.5. The SMILES string of the molecule is CC(=O)CCC(=O)OC(Cn1c2c(c3cc(C)ccc31)C1CCCN1CC2)c1ccncc1.CC(=O)COC(Cn1c2c(c3cc(C)ccc31)C1CCCN1CC2)c1ccncc1.Cc1ccc2c(c1)c1c(n2CC(C)(N=[N+]=[N-])c2ccc(C(F)(F)F)nc2)CN(C)CC1.Cc1ccc2c(c1)c1c(n2CC(N=[N+]=[N-])c2ccc(F)cc2)CCN2CCCC12. The van der Waals surface area contributed by atoms with Crippen LogP contribution in [-0.2, 0) is 94.0 Å². The van der Waals surface area contributed by atoms with Crippen molar-refractivity contribution in [2.75, 3.05) is 59.5 Å². The Balaban J connectivity index is 0.000000122.